The van der Waals surface area contributed by atoms with Gasteiger partial charge in [0, 0.05) is 18.8 Å². The number of esters is 1. The Labute approximate surface area is 208 Å². The van der Waals surface area contributed by atoms with Crippen LogP contribution in [-0.4, -0.2) is 56.1 Å². The maximum atomic E-state index is 13.0. The largest absolute Gasteiger partial charge is 0.469 e. The van der Waals surface area contributed by atoms with Gasteiger partial charge in [0.1, 0.15) is 5.03 Å². The second kappa shape index (κ2) is 10.3. The predicted molar refractivity (Wildman–Crippen MR) is 135 cm³/mol. The number of piperidine rings is 1. The van der Waals surface area contributed by atoms with Crippen molar-refractivity contribution in [3.8, 4) is 0 Å². The number of fused-ring (bicyclic) bond motifs is 1. The lowest BCUT2D eigenvalue weighted by Crippen LogP contribution is -2.48. The number of benzene rings is 1. The van der Waals surface area contributed by atoms with Gasteiger partial charge in [0.25, 0.3) is 0 Å². The zero-order chi connectivity index (χ0) is 24.3. The highest BCUT2D eigenvalue weighted by Crippen LogP contribution is 2.52. The average Bonchev–Trinajstić information content (AvgIpc) is 3.12. The highest BCUT2D eigenvalue weighted by atomic mass is 32.2. The number of hydrogen-bond acceptors (Lipinski definition) is 8. The van der Waals surface area contributed by atoms with Crippen LogP contribution in [0.4, 0.5) is 5.95 Å². The van der Waals surface area contributed by atoms with Gasteiger partial charge < -0.3 is 9.64 Å². The molecule has 1 saturated heterocycles. The van der Waals surface area contributed by atoms with E-state index in [9.17, 15) is 9.00 Å². The summed E-state index contributed by atoms with van der Waals surface area (Å²) < 4.78 is 20.9. The number of hydrogen-bond donors (Lipinski definition) is 1. The molecular formula is C24H33N5O3S2. The van der Waals surface area contributed by atoms with Gasteiger partial charge in [0.2, 0.25) is 5.95 Å². The maximum absolute atomic E-state index is 13.0. The second-order valence-corrected chi connectivity index (χ2v) is 13.0. The molecule has 4 rings (SSSR count). The van der Waals surface area contributed by atoms with E-state index in [1.165, 1.54) is 30.0 Å². The van der Waals surface area contributed by atoms with Crippen molar-refractivity contribution in [3.63, 3.8) is 0 Å². The zero-order valence-electron chi connectivity index (χ0n) is 20.2. The number of nitrogens with zero attached hydrogens (tertiary/aromatic N) is 4. The van der Waals surface area contributed by atoms with Crippen molar-refractivity contribution in [2.24, 2.45) is 5.41 Å². The molecule has 0 amide bonds. The summed E-state index contributed by atoms with van der Waals surface area (Å²) in [7, 11) is 0.241. The number of aromatic nitrogens is 3. The van der Waals surface area contributed by atoms with E-state index in [4.69, 9.17) is 0 Å². The molecular weight excluding hydrogens is 470 g/mol. The van der Waals surface area contributed by atoms with Crippen LogP contribution >= 0.6 is 11.8 Å². The molecule has 10 heteroatoms. The summed E-state index contributed by atoms with van der Waals surface area (Å²) >= 11 is 1.44. The molecule has 1 fully saturated rings. The smallest absolute Gasteiger partial charge is 0.306 e. The lowest BCUT2D eigenvalue weighted by atomic mass is 9.73. The van der Waals surface area contributed by atoms with E-state index in [2.05, 4.69) is 53.8 Å². The van der Waals surface area contributed by atoms with Gasteiger partial charge in [-0.3, -0.25) is 4.79 Å². The van der Waals surface area contributed by atoms with Crippen molar-refractivity contribution in [3.05, 3.63) is 41.6 Å². The van der Waals surface area contributed by atoms with Gasteiger partial charge in [-0.2, -0.15) is 0 Å². The van der Waals surface area contributed by atoms with Gasteiger partial charge in [-0.05, 0) is 56.6 Å². The Morgan fingerprint density at radius 1 is 1.26 bits per heavy atom. The first-order chi connectivity index (χ1) is 16.2. The fourth-order valence-corrected chi connectivity index (χ4v) is 6.34. The molecule has 0 radical (unpaired) electrons. The van der Waals surface area contributed by atoms with Crippen molar-refractivity contribution >= 4 is 34.7 Å². The quantitative estimate of drug-likeness (QED) is 0.453. The Morgan fingerprint density at radius 2 is 2.00 bits per heavy atom. The van der Waals surface area contributed by atoms with Crippen LogP contribution in [0.1, 0.15) is 57.2 Å². The second-order valence-electron chi connectivity index (χ2n) is 9.93. The normalized spacial score (nSPS) is 20.2. The van der Waals surface area contributed by atoms with Crippen LogP contribution in [-0.2, 0) is 26.9 Å². The summed E-state index contributed by atoms with van der Waals surface area (Å²) in [6, 6.07) is 8.62. The predicted octanol–water partition coefficient (Wildman–Crippen LogP) is 3.46. The van der Waals surface area contributed by atoms with Crippen LogP contribution in [0, 0.1) is 5.41 Å². The lowest BCUT2D eigenvalue weighted by molar-refractivity contribution is -0.140. The van der Waals surface area contributed by atoms with E-state index in [0.717, 1.165) is 32.4 Å². The van der Waals surface area contributed by atoms with Crippen molar-refractivity contribution in [2.45, 2.75) is 62.3 Å². The highest BCUT2D eigenvalue weighted by molar-refractivity contribution is 7.99. The van der Waals surface area contributed by atoms with Crippen molar-refractivity contribution in [2.75, 3.05) is 30.9 Å². The van der Waals surface area contributed by atoms with Gasteiger partial charge in [-0.1, -0.05) is 24.3 Å². The number of thioether (sulfide) groups is 1. The minimum absolute atomic E-state index is 0.0260. The summed E-state index contributed by atoms with van der Waals surface area (Å²) in [6.07, 6.45) is 4.96. The molecule has 2 aromatic rings. The van der Waals surface area contributed by atoms with E-state index in [1.54, 1.807) is 6.20 Å². The minimum Gasteiger partial charge on any atom is -0.469 e. The van der Waals surface area contributed by atoms with Crippen LogP contribution in [0.3, 0.4) is 0 Å². The molecule has 1 N–H and O–H groups in total. The fraction of sp³-hybridized carbons (Fsp3) is 0.583. The monoisotopic (exact) mass is 503 g/mol. The van der Waals surface area contributed by atoms with Crippen molar-refractivity contribution in [1.29, 1.82) is 0 Å². The molecule has 1 aliphatic heterocycles. The number of rotatable bonds is 7. The van der Waals surface area contributed by atoms with Gasteiger partial charge in [-0.15, -0.1) is 22.0 Å². The van der Waals surface area contributed by atoms with E-state index in [-0.39, 0.29) is 22.2 Å². The molecule has 1 aliphatic carbocycles. The Bertz CT molecular complexity index is 1030. The first-order valence-electron chi connectivity index (χ1n) is 11.6. The summed E-state index contributed by atoms with van der Waals surface area (Å²) in [5.74, 6) is 0.977. The molecule has 1 spiro atoms. The number of carbonyl (C=O) groups is 1. The number of anilines is 1. The average molecular weight is 504 g/mol. The van der Waals surface area contributed by atoms with Crippen molar-refractivity contribution < 1.29 is 13.7 Å². The SMILES string of the molecule is COC(=O)CCSc1cnc(N2CCC3(CC2)Cc2ccccc2[C@H]3NS(=O)C(C)(C)C)nn1. The molecule has 2 aliphatic rings. The fourth-order valence-electron chi connectivity index (χ4n) is 4.69. The summed E-state index contributed by atoms with van der Waals surface area (Å²) in [4.78, 5) is 18.0. The first kappa shape index (κ1) is 25.1. The lowest BCUT2D eigenvalue weighted by Gasteiger charge is -2.43. The number of carbonyl (C=O) groups excluding carboxylic acids is 1. The van der Waals surface area contributed by atoms with Crippen LogP contribution in [0.15, 0.2) is 35.5 Å². The first-order valence-corrected chi connectivity index (χ1v) is 13.8. The van der Waals surface area contributed by atoms with E-state index >= 15 is 0 Å². The highest BCUT2D eigenvalue weighted by Gasteiger charge is 2.49. The molecule has 8 nitrogen and oxygen atoms in total. The van der Waals surface area contributed by atoms with Gasteiger partial charge in [0.05, 0.1) is 41.5 Å². The van der Waals surface area contributed by atoms with Crippen LogP contribution in [0.5, 0.6) is 0 Å². The van der Waals surface area contributed by atoms with E-state index in [1.807, 2.05) is 20.8 Å². The number of ether oxygens (including phenoxy) is 1. The Balaban J connectivity index is 1.42. The molecule has 0 bridgehead atoms. The van der Waals surface area contributed by atoms with E-state index < -0.39 is 11.0 Å². The molecule has 2 heterocycles. The molecule has 1 unspecified atom stereocenters. The Kier molecular flexibility index (Phi) is 7.59. The molecule has 1 aromatic heterocycles. The zero-order valence-corrected chi connectivity index (χ0v) is 21.9. The molecule has 0 saturated carbocycles. The molecule has 1 aromatic carbocycles. The Morgan fingerprint density at radius 3 is 2.65 bits per heavy atom. The number of nitrogens with one attached hydrogen (secondary N) is 1. The third kappa shape index (κ3) is 5.44. The van der Waals surface area contributed by atoms with Crippen molar-refractivity contribution in [1.82, 2.24) is 19.9 Å². The summed E-state index contributed by atoms with van der Waals surface area (Å²) in [5.41, 5.74) is 2.66. The maximum Gasteiger partial charge on any atom is 0.306 e. The standard InChI is InChI=1S/C24H33N5O3S2/c1-23(2,3)34(31)28-21-18-8-6-5-7-17(18)15-24(21)10-12-29(13-11-24)22-25-16-19(26-27-22)33-14-9-20(30)32-4/h5-8,16,21,28H,9-15H2,1-4H3/t21-,34?/m1/s1. The van der Waals surface area contributed by atoms with Gasteiger partial charge >= 0.3 is 5.97 Å². The third-order valence-electron chi connectivity index (χ3n) is 6.66. The molecule has 184 valence electrons. The van der Waals surface area contributed by atoms with Crippen LogP contribution < -0.4 is 9.62 Å². The molecule has 34 heavy (non-hydrogen) atoms. The minimum atomic E-state index is -1.15. The Hall–Kier alpha value is -2.04. The van der Waals surface area contributed by atoms with Gasteiger partial charge in [0.15, 0.2) is 0 Å². The topological polar surface area (TPSA) is 97.3 Å². The molecule has 2 atom stereocenters. The van der Waals surface area contributed by atoms with Crippen LogP contribution in [0.2, 0.25) is 0 Å². The summed E-state index contributed by atoms with van der Waals surface area (Å²) in [6.45, 7) is 7.67. The van der Waals surface area contributed by atoms with E-state index in [0.29, 0.717) is 23.1 Å². The van der Waals surface area contributed by atoms with Crippen LogP contribution in [0.25, 0.3) is 0 Å². The third-order valence-corrected chi connectivity index (χ3v) is 9.11. The van der Waals surface area contributed by atoms with Gasteiger partial charge in [-0.25, -0.2) is 13.9 Å². The number of methoxy groups -OCH3 is 1. The summed E-state index contributed by atoms with van der Waals surface area (Å²) in [5, 5.41) is 9.32.